The Balaban J connectivity index is 1.25. The van der Waals surface area contributed by atoms with Crippen LogP contribution in [0.4, 0.5) is 0 Å². The number of hydrogen-bond acceptors (Lipinski definition) is 1. The molecule has 0 amide bonds. The van der Waals surface area contributed by atoms with Crippen molar-refractivity contribution in [2.75, 3.05) is 0 Å². The smallest absolute Gasteiger partial charge is 0.0971 e. The molecule has 0 atom stereocenters. The van der Waals surface area contributed by atoms with Gasteiger partial charge in [-0.3, -0.25) is 0 Å². The molecule has 0 saturated heterocycles. The summed E-state index contributed by atoms with van der Waals surface area (Å²) in [5.41, 5.74) is 14.7. The predicted molar refractivity (Wildman–Crippen MR) is 209 cm³/mol. The fraction of sp³-hybridized carbons (Fsp3) is 0. The highest BCUT2D eigenvalue weighted by molar-refractivity contribution is 6.13. The van der Waals surface area contributed by atoms with Gasteiger partial charge in [0.2, 0.25) is 0 Å². The molecule has 0 saturated carbocycles. The average Bonchev–Trinajstić information content (AvgIpc) is 3.70. The molecule has 0 aliphatic carbocycles. The first-order valence-electron chi connectivity index (χ1n) is 17.1. The van der Waals surface area contributed by atoms with E-state index in [0.29, 0.717) is 0 Å². The molecule has 10 rings (SSSR count). The molecular weight excluding hydrogens is 607 g/mol. The second-order valence-electron chi connectivity index (χ2n) is 12.8. The number of benzene rings is 7. The summed E-state index contributed by atoms with van der Waals surface area (Å²) in [5.74, 6) is 0. The second-order valence-corrected chi connectivity index (χ2v) is 12.8. The van der Waals surface area contributed by atoms with Crippen LogP contribution in [0.2, 0.25) is 0 Å². The lowest BCUT2D eigenvalue weighted by molar-refractivity contribution is 1.16. The highest BCUT2D eigenvalue weighted by Gasteiger charge is 2.19. The van der Waals surface area contributed by atoms with E-state index in [4.69, 9.17) is 4.98 Å². The van der Waals surface area contributed by atoms with E-state index in [9.17, 15) is 0 Å². The van der Waals surface area contributed by atoms with Crippen LogP contribution in [0.5, 0.6) is 0 Å². The lowest BCUT2D eigenvalue weighted by Crippen LogP contribution is -1.95. The van der Waals surface area contributed by atoms with Gasteiger partial charge in [0, 0.05) is 33.1 Å². The fourth-order valence-electron chi connectivity index (χ4n) is 7.55. The van der Waals surface area contributed by atoms with Crippen molar-refractivity contribution in [2.45, 2.75) is 0 Å². The average molecular weight is 638 g/mol. The number of para-hydroxylation sites is 1. The molecule has 3 nitrogen and oxygen atoms in total. The zero-order valence-electron chi connectivity index (χ0n) is 27.2. The zero-order chi connectivity index (χ0) is 33.0. The molecule has 0 bridgehead atoms. The lowest BCUT2D eigenvalue weighted by Gasteiger charge is -2.11. The highest BCUT2D eigenvalue weighted by atomic mass is 15.0. The highest BCUT2D eigenvalue weighted by Crippen LogP contribution is 2.39. The van der Waals surface area contributed by atoms with E-state index in [-0.39, 0.29) is 0 Å². The van der Waals surface area contributed by atoms with E-state index < -0.39 is 0 Å². The van der Waals surface area contributed by atoms with Crippen molar-refractivity contribution in [3.8, 4) is 44.9 Å². The van der Waals surface area contributed by atoms with Gasteiger partial charge in [-0.2, -0.15) is 0 Å². The first-order chi connectivity index (χ1) is 24.8. The maximum atomic E-state index is 5.33. The Morgan fingerprint density at radius 1 is 0.300 bits per heavy atom. The molecule has 0 aliphatic heterocycles. The summed E-state index contributed by atoms with van der Waals surface area (Å²) in [6, 6.07) is 67.3. The van der Waals surface area contributed by atoms with Gasteiger partial charge < -0.3 is 9.13 Å². The Morgan fingerprint density at radius 2 is 0.760 bits per heavy atom. The Kier molecular flexibility index (Phi) is 6.49. The molecule has 0 aliphatic rings. The number of pyridine rings is 1. The Bertz CT molecular complexity index is 2730. The quantitative estimate of drug-likeness (QED) is 0.184. The number of hydrogen-bond donors (Lipinski definition) is 0. The van der Waals surface area contributed by atoms with Crippen LogP contribution >= 0.6 is 0 Å². The second kappa shape index (κ2) is 11.5. The molecule has 234 valence electrons. The third-order valence-electron chi connectivity index (χ3n) is 9.91. The van der Waals surface area contributed by atoms with Crippen LogP contribution in [0.15, 0.2) is 188 Å². The number of aromatic nitrogens is 3. The zero-order valence-corrected chi connectivity index (χ0v) is 27.2. The normalized spacial score (nSPS) is 11.6. The van der Waals surface area contributed by atoms with E-state index >= 15 is 0 Å². The van der Waals surface area contributed by atoms with E-state index in [1.54, 1.807) is 0 Å². The topological polar surface area (TPSA) is 22.8 Å². The maximum Gasteiger partial charge on any atom is 0.0971 e. The molecule has 0 radical (unpaired) electrons. The Labute approximate surface area is 290 Å². The van der Waals surface area contributed by atoms with E-state index in [2.05, 4.69) is 191 Å². The van der Waals surface area contributed by atoms with Crippen molar-refractivity contribution < 1.29 is 0 Å². The van der Waals surface area contributed by atoms with Crippen molar-refractivity contribution in [1.82, 2.24) is 14.1 Å². The van der Waals surface area contributed by atoms with Gasteiger partial charge in [-0.25, -0.2) is 4.98 Å². The minimum absolute atomic E-state index is 0.967. The lowest BCUT2D eigenvalue weighted by atomic mass is 10.0. The molecule has 50 heavy (non-hydrogen) atoms. The predicted octanol–water partition coefficient (Wildman–Crippen LogP) is 12.3. The van der Waals surface area contributed by atoms with Crippen LogP contribution in [0.1, 0.15) is 0 Å². The fourth-order valence-corrected chi connectivity index (χ4v) is 7.55. The third kappa shape index (κ3) is 4.56. The third-order valence-corrected chi connectivity index (χ3v) is 9.91. The van der Waals surface area contributed by atoms with Gasteiger partial charge in [0.15, 0.2) is 0 Å². The molecule has 10 aromatic rings. The summed E-state index contributed by atoms with van der Waals surface area (Å²) in [4.78, 5) is 5.33. The minimum Gasteiger partial charge on any atom is -0.309 e. The maximum absolute atomic E-state index is 5.33. The van der Waals surface area contributed by atoms with Crippen LogP contribution in [0.25, 0.3) is 88.6 Å². The molecule has 3 heteroatoms. The standard InChI is InChI=1S/C47H31N3/c1-5-13-32(14-6-1)35-21-25-43-39(29-35)40-30-36(33-15-7-2-8-16-33)22-26-44(40)50(43)38-23-27-45-41(31-38)47-46(49(45)37-19-11-4-12-20-37)28-24-42(48-47)34-17-9-3-10-18-34/h1-31H. The Hall–Kier alpha value is -6.71. The van der Waals surface area contributed by atoms with Gasteiger partial charge in [-0.15, -0.1) is 0 Å². The van der Waals surface area contributed by atoms with Crippen LogP contribution in [0.3, 0.4) is 0 Å². The van der Waals surface area contributed by atoms with Crippen molar-refractivity contribution >= 4 is 43.7 Å². The molecule has 0 N–H and O–H groups in total. The largest absolute Gasteiger partial charge is 0.309 e. The van der Waals surface area contributed by atoms with Crippen molar-refractivity contribution in [1.29, 1.82) is 0 Å². The van der Waals surface area contributed by atoms with Crippen molar-refractivity contribution in [2.24, 2.45) is 0 Å². The number of nitrogens with zero attached hydrogens (tertiary/aromatic N) is 3. The summed E-state index contributed by atoms with van der Waals surface area (Å²) in [5, 5.41) is 3.59. The SMILES string of the molecule is c1ccc(-c2ccc3c(c2)c2cc(-c4ccccc4)ccc2n3-c2ccc3c(c2)c2nc(-c4ccccc4)ccc2n3-c2ccccc2)cc1. The Morgan fingerprint density at radius 3 is 1.34 bits per heavy atom. The van der Waals surface area contributed by atoms with Crippen LogP contribution in [0, 0.1) is 0 Å². The van der Waals surface area contributed by atoms with Gasteiger partial charge in [-0.1, -0.05) is 121 Å². The molecule has 7 aromatic carbocycles. The monoisotopic (exact) mass is 637 g/mol. The number of fused-ring (bicyclic) bond motifs is 6. The first kappa shape index (κ1) is 28.3. The number of rotatable bonds is 5. The van der Waals surface area contributed by atoms with Crippen molar-refractivity contribution in [3.63, 3.8) is 0 Å². The van der Waals surface area contributed by atoms with E-state index in [0.717, 1.165) is 44.6 Å². The summed E-state index contributed by atoms with van der Waals surface area (Å²) in [7, 11) is 0. The van der Waals surface area contributed by atoms with Crippen LogP contribution < -0.4 is 0 Å². The van der Waals surface area contributed by atoms with Gasteiger partial charge in [-0.05, 0) is 89.0 Å². The summed E-state index contributed by atoms with van der Waals surface area (Å²) >= 11 is 0. The molecule has 0 fully saturated rings. The van der Waals surface area contributed by atoms with Gasteiger partial charge in [0.05, 0.1) is 33.3 Å². The van der Waals surface area contributed by atoms with Gasteiger partial charge in [0.25, 0.3) is 0 Å². The van der Waals surface area contributed by atoms with Crippen LogP contribution in [-0.2, 0) is 0 Å². The summed E-state index contributed by atoms with van der Waals surface area (Å²) in [6.07, 6.45) is 0. The van der Waals surface area contributed by atoms with E-state index in [1.165, 1.54) is 44.1 Å². The van der Waals surface area contributed by atoms with Crippen molar-refractivity contribution in [3.05, 3.63) is 188 Å². The molecular formula is C47H31N3. The summed E-state index contributed by atoms with van der Waals surface area (Å²) < 4.78 is 4.75. The molecule has 3 aromatic heterocycles. The molecule has 0 spiro atoms. The van der Waals surface area contributed by atoms with Gasteiger partial charge in [0.1, 0.15) is 0 Å². The van der Waals surface area contributed by atoms with Gasteiger partial charge >= 0.3 is 0 Å². The minimum atomic E-state index is 0.967. The van der Waals surface area contributed by atoms with Crippen LogP contribution in [-0.4, -0.2) is 14.1 Å². The molecule has 3 heterocycles. The molecule has 0 unspecified atom stereocenters. The first-order valence-corrected chi connectivity index (χ1v) is 17.1. The van der Waals surface area contributed by atoms with E-state index in [1.807, 2.05) is 6.07 Å². The summed E-state index contributed by atoms with van der Waals surface area (Å²) in [6.45, 7) is 0.